The van der Waals surface area contributed by atoms with Crippen molar-refractivity contribution in [3.8, 4) is 0 Å². The van der Waals surface area contributed by atoms with Crippen LogP contribution >= 0.6 is 11.8 Å². The number of amides is 2. The number of ether oxygens (including phenoxy) is 3. The monoisotopic (exact) mass is 409 g/mol. The van der Waals surface area contributed by atoms with Gasteiger partial charge < -0.3 is 30.2 Å². The highest BCUT2D eigenvalue weighted by Gasteiger charge is 2.37. The van der Waals surface area contributed by atoms with Gasteiger partial charge in [-0.2, -0.15) is 0 Å². The molecule has 0 radical (unpaired) electrons. The summed E-state index contributed by atoms with van der Waals surface area (Å²) in [6.07, 6.45) is -2.59. The third-order valence-electron chi connectivity index (χ3n) is 3.88. The molecule has 2 atom stereocenters. The van der Waals surface area contributed by atoms with Gasteiger partial charge in [0.05, 0.1) is 24.5 Å². The topological polar surface area (TPSA) is 115 Å². The maximum atomic E-state index is 11.8. The maximum Gasteiger partial charge on any atom is 0.509 e. The Balaban J connectivity index is 1.54. The van der Waals surface area contributed by atoms with E-state index in [0.29, 0.717) is 5.75 Å². The van der Waals surface area contributed by atoms with Crippen molar-refractivity contribution in [3.63, 3.8) is 0 Å². The first-order valence-corrected chi connectivity index (χ1v) is 9.83. The number of thioether (sulfide) groups is 1. The van der Waals surface area contributed by atoms with Gasteiger partial charge in [0.2, 0.25) is 5.91 Å². The summed E-state index contributed by atoms with van der Waals surface area (Å²) in [5, 5.41) is 8.57. The molecule has 3 rings (SSSR count). The number of nitrogens with one attached hydrogen (secondary N) is 3. The first-order valence-electron chi connectivity index (χ1n) is 8.84. The van der Waals surface area contributed by atoms with Crippen LogP contribution in [0.4, 0.5) is 21.0 Å². The molecule has 152 valence electrons. The van der Waals surface area contributed by atoms with Crippen molar-refractivity contribution in [2.45, 2.75) is 43.5 Å². The van der Waals surface area contributed by atoms with E-state index < -0.39 is 30.1 Å². The van der Waals surface area contributed by atoms with Gasteiger partial charge in [0.1, 0.15) is 5.60 Å². The van der Waals surface area contributed by atoms with E-state index in [1.807, 2.05) is 18.2 Å². The van der Waals surface area contributed by atoms with Crippen LogP contribution in [-0.2, 0) is 19.0 Å². The molecule has 2 aliphatic rings. The molecule has 10 heteroatoms. The lowest BCUT2D eigenvalue weighted by Crippen LogP contribution is -2.42. The molecule has 2 amide bonds. The molecule has 1 aromatic rings. The van der Waals surface area contributed by atoms with Crippen molar-refractivity contribution in [3.05, 3.63) is 18.2 Å². The lowest BCUT2D eigenvalue weighted by molar-refractivity contribution is -0.113. The molecule has 0 aromatic heterocycles. The largest absolute Gasteiger partial charge is 0.509 e. The summed E-state index contributed by atoms with van der Waals surface area (Å²) >= 11 is 1.48. The molecule has 0 saturated carbocycles. The highest BCUT2D eigenvalue weighted by atomic mass is 32.2. The van der Waals surface area contributed by atoms with Gasteiger partial charge in [-0.15, -0.1) is 11.8 Å². The average Bonchev–Trinajstić information content (AvgIpc) is 2.96. The number of carbonyl (C=O) groups excluding carboxylic acids is 3. The fourth-order valence-corrected chi connectivity index (χ4v) is 3.47. The van der Waals surface area contributed by atoms with Gasteiger partial charge in [0.15, 0.2) is 12.2 Å². The van der Waals surface area contributed by atoms with E-state index >= 15 is 0 Å². The average molecular weight is 409 g/mol. The number of rotatable bonds is 5. The Labute approximate surface area is 166 Å². The molecular weight excluding hydrogens is 386 g/mol. The summed E-state index contributed by atoms with van der Waals surface area (Å²) in [6, 6.07) is 5.63. The molecule has 0 spiro atoms. The van der Waals surface area contributed by atoms with E-state index in [1.54, 1.807) is 20.8 Å². The highest BCUT2D eigenvalue weighted by molar-refractivity contribution is 8.00. The van der Waals surface area contributed by atoms with Crippen LogP contribution in [0.1, 0.15) is 20.8 Å². The predicted molar refractivity (Wildman–Crippen MR) is 104 cm³/mol. The van der Waals surface area contributed by atoms with Crippen LogP contribution in [0.3, 0.4) is 0 Å². The van der Waals surface area contributed by atoms with Gasteiger partial charge >= 0.3 is 12.2 Å². The maximum absolute atomic E-state index is 11.8. The molecule has 28 heavy (non-hydrogen) atoms. The minimum atomic E-state index is -0.781. The first kappa shape index (κ1) is 20.1. The zero-order valence-electron chi connectivity index (χ0n) is 15.9. The van der Waals surface area contributed by atoms with Crippen molar-refractivity contribution >= 4 is 41.3 Å². The Kier molecular flexibility index (Phi) is 5.87. The number of hydrogen-bond donors (Lipinski definition) is 3. The number of fused-ring (bicyclic) bond motifs is 1. The van der Waals surface area contributed by atoms with E-state index in [-0.39, 0.29) is 19.0 Å². The normalized spacial score (nSPS) is 21.1. The Morgan fingerprint density at radius 3 is 2.68 bits per heavy atom. The van der Waals surface area contributed by atoms with Gasteiger partial charge in [0.25, 0.3) is 0 Å². The van der Waals surface area contributed by atoms with Gasteiger partial charge in [-0.25, -0.2) is 9.59 Å². The quantitative estimate of drug-likeness (QED) is 0.636. The molecule has 0 aliphatic carbocycles. The van der Waals surface area contributed by atoms with Gasteiger partial charge in [0, 0.05) is 10.6 Å². The van der Waals surface area contributed by atoms with Crippen molar-refractivity contribution in [2.24, 2.45) is 0 Å². The summed E-state index contributed by atoms with van der Waals surface area (Å²) in [5.74, 6) is 0.364. The second kappa shape index (κ2) is 8.17. The van der Waals surface area contributed by atoms with Crippen LogP contribution < -0.4 is 16.0 Å². The molecule has 1 aromatic carbocycles. The SMILES string of the molecule is CC(C)(C)OC(=O)NC[C@@H]1OC(=O)O[C@H]1CNc1ccc2c(c1)NC(=O)CS2. The predicted octanol–water partition coefficient (Wildman–Crippen LogP) is 2.57. The van der Waals surface area contributed by atoms with Crippen LogP contribution in [0, 0.1) is 0 Å². The van der Waals surface area contributed by atoms with Crippen LogP contribution in [-0.4, -0.2) is 54.8 Å². The van der Waals surface area contributed by atoms with Crippen molar-refractivity contribution in [2.75, 3.05) is 29.5 Å². The molecule has 1 fully saturated rings. The molecule has 3 N–H and O–H groups in total. The number of hydrogen-bond acceptors (Lipinski definition) is 8. The summed E-state index contributed by atoms with van der Waals surface area (Å²) in [6.45, 7) is 5.64. The van der Waals surface area contributed by atoms with E-state index in [1.165, 1.54) is 11.8 Å². The number of anilines is 2. The second-order valence-electron chi connectivity index (χ2n) is 7.37. The lowest BCUT2D eigenvalue weighted by atomic mass is 10.2. The number of carbonyl (C=O) groups is 3. The standard InChI is InChI=1S/C18H23N3O6S/c1-18(2,3)27-16(23)20-8-13-12(25-17(24)26-13)7-19-10-4-5-14-11(6-10)21-15(22)9-28-14/h4-6,12-13,19H,7-9H2,1-3H3,(H,20,23)(H,21,22)/t12-,13-/m0/s1. The minimum Gasteiger partial charge on any atom is -0.444 e. The van der Waals surface area contributed by atoms with E-state index in [2.05, 4.69) is 16.0 Å². The Morgan fingerprint density at radius 2 is 1.96 bits per heavy atom. The van der Waals surface area contributed by atoms with Crippen LogP contribution in [0.2, 0.25) is 0 Å². The molecule has 0 unspecified atom stereocenters. The minimum absolute atomic E-state index is 0.0407. The van der Waals surface area contributed by atoms with E-state index in [4.69, 9.17) is 14.2 Å². The Bertz CT molecular complexity index is 779. The molecule has 1 saturated heterocycles. The zero-order valence-corrected chi connectivity index (χ0v) is 16.7. The third-order valence-corrected chi connectivity index (χ3v) is 4.95. The van der Waals surface area contributed by atoms with Gasteiger partial charge in [-0.3, -0.25) is 4.79 Å². The highest BCUT2D eigenvalue weighted by Crippen LogP contribution is 2.33. The fourth-order valence-electron chi connectivity index (χ4n) is 2.68. The molecular formula is C18H23N3O6S. The third kappa shape index (κ3) is 5.44. The summed E-state index contributed by atoms with van der Waals surface area (Å²) in [5.41, 5.74) is 0.894. The van der Waals surface area contributed by atoms with Crippen molar-refractivity contribution < 1.29 is 28.6 Å². The number of cyclic esters (lactones) is 2. The number of benzene rings is 1. The fraction of sp³-hybridized carbons (Fsp3) is 0.500. The molecule has 9 nitrogen and oxygen atoms in total. The Morgan fingerprint density at radius 1 is 1.25 bits per heavy atom. The van der Waals surface area contributed by atoms with Gasteiger partial charge in [-0.05, 0) is 39.0 Å². The summed E-state index contributed by atoms with van der Waals surface area (Å²) in [7, 11) is 0. The van der Waals surface area contributed by atoms with Gasteiger partial charge in [-0.1, -0.05) is 0 Å². The zero-order chi connectivity index (χ0) is 20.3. The van der Waals surface area contributed by atoms with Crippen LogP contribution in [0.15, 0.2) is 23.1 Å². The first-order chi connectivity index (χ1) is 13.2. The number of alkyl carbamates (subject to hydrolysis) is 1. The Hall–Kier alpha value is -2.62. The molecule has 0 bridgehead atoms. The lowest BCUT2D eigenvalue weighted by Gasteiger charge is -2.22. The van der Waals surface area contributed by atoms with Crippen molar-refractivity contribution in [1.82, 2.24) is 5.32 Å². The summed E-state index contributed by atoms with van der Waals surface area (Å²) in [4.78, 5) is 35.8. The van der Waals surface area contributed by atoms with Crippen LogP contribution in [0.5, 0.6) is 0 Å². The molecule has 2 heterocycles. The van der Waals surface area contributed by atoms with E-state index in [0.717, 1.165) is 16.3 Å². The van der Waals surface area contributed by atoms with E-state index in [9.17, 15) is 14.4 Å². The van der Waals surface area contributed by atoms with Crippen LogP contribution in [0.25, 0.3) is 0 Å². The second-order valence-corrected chi connectivity index (χ2v) is 8.39. The van der Waals surface area contributed by atoms with Crippen molar-refractivity contribution in [1.29, 1.82) is 0 Å². The summed E-state index contributed by atoms with van der Waals surface area (Å²) < 4.78 is 15.5. The molecule has 2 aliphatic heterocycles. The smallest absolute Gasteiger partial charge is 0.444 e.